The van der Waals surface area contributed by atoms with Crippen molar-refractivity contribution in [1.29, 1.82) is 0 Å². The molecule has 0 aliphatic heterocycles. The molecule has 0 saturated heterocycles. The van der Waals surface area contributed by atoms with Crippen molar-refractivity contribution >= 4 is 31.9 Å². The lowest BCUT2D eigenvalue weighted by Gasteiger charge is -2.24. The van der Waals surface area contributed by atoms with Gasteiger partial charge in [0.05, 0.1) is 21.0 Å². The summed E-state index contributed by atoms with van der Waals surface area (Å²) in [5.74, 6) is -3.08. The molecule has 2 aromatic carbocycles. The minimum absolute atomic E-state index is 0.205. The molecule has 0 aromatic heterocycles. The highest BCUT2D eigenvalue weighted by Gasteiger charge is 2.28. The maximum atomic E-state index is 13.9. The SMILES string of the molecule is NC(c1c(F)ccc(F)c1Br)C(N)c1c(F)ccc(F)c1Br. The predicted octanol–water partition coefficient (Wildman–Crippen LogP) is 4.47. The lowest BCUT2D eigenvalue weighted by atomic mass is 9.94. The molecule has 0 spiro atoms. The van der Waals surface area contributed by atoms with Gasteiger partial charge in [0.1, 0.15) is 23.3 Å². The molecule has 0 saturated carbocycles. The van der Waals surface area contributed by atoms with Crippen molar-refractivity contribution in [1.82, 2.24) is 0 Å². The Morgan fingerprint density at radius 3 is 1.23 bits per heavy atom. The van der Waals surface area contributed by atoms with Crippen LogP contribution in [0.2, 0.25) is 0 Å². The first-order chi connectivity index (χ1) is 10.3. The van der Waals surface area contributed by atoms with Crippen molar-refractivity contribution in [2.24, 2.45) is 11.5 Å². The summed E-state index contributed by atoms with van der Waals surface area (Å²) in [5.41, 5.74) is 11.2. The molecule has 0 heterocycles. The number of benzene rings is 2. The number of hydrogen-bond donors (Lipinski definition) is 2. The molecule has 2 atom stereocenters. The monoisotopic (exact) mass is 440 g/mol. The smallest absolute Gasteiger partial charge is 0.137 e. The zero-order chi connectivity index (χ0) is 16.6. The summed E-state index contributed by atoms with van der Waals surface area (Å²) >= 11 is 5.79. The Kier molecular flexibility index (Phi) is 5.26. The van der Waals surface area contributed by atoms with Crippen LogP contribution in [0.5, 0.6) is 0 Å². The first kappa shape index (κ1) is 17.4. The van der Waals surface area contributed by atoms with Crippen LogP contribution in [0.1, 0.15) is 23.2 Å². The zero-order valence-corrected chi connectivity index (χ0v) is 14.1. The quantitative estimate of drug-likeness (QED) is 0.545. The van der Waals surface area contributed by atoms with Crippen molar-refractivity contribution in [3.05, 3.63) is 67.6 Å². The Bertz CT molecular complexity index is 663. The summed E-state index contributed by atoms with van der Waals surface area (Å²) < 4.78 is 54.6. The minimum atomic E-state index is -1.29. The molecule has 0 amide bonds. The summed E-state index contributed by atoms with van der Waals surface area (Å²) in [6.45, 7) is 0. The van der Waals surface area contributed by atoms with E-state index >= 15 is 0 Å². The molecular formula is C14H10Br2F4N2. The van der Waals surface area contributed by atoms with E-state index in [1.807, 2.05) is 0 Å². The molecule has 2 nitrogen and oxygen atoms in total. The fourth-order valence-electron chi connectivity index (χ4n) is 2.06. The van der Waals surface area contributed by atoms with Crippen LogP contribution in [0, 0.1) is 23.3 Å². The van der Waals surface area contributed by atoms with Crippen LogP contribution in [-0.4, -0.2) is 0 Å². The van der Waals surface area contributed by atoms with Gasteiger partial charge in [-0.05, 0) is 56.1 Å². The number of nitrogens with two attached hydrogens (primary N) is 2. The second-order valence-corrected chi connectivity index (χ2v) is 6.15. The predicted molar refractivity (Wildman–Crippen MR) is 82.0 cm³/mol. The van der Waals surface area contributed by atoms with Crippen molar-refractivity contribution in [3.8, 4) is 0 Å². The molecule has 4 N–H and O–H groups in total. The third-order valence-electron chi connectivity index (χ3n) is 3.21. The van der Waals surface area contributed by atoms with Gasteiger partial charge in [-0.1, -0.05) is 0 Å². The summed E-state index contributed by atoms with van der Waals surface area (Å²) in [7, 11) is 0. The molecule has 8 heteroatoms. The van der Waals surface area contributed by atoms with Crippen LogP contribution in [0.25, 0.3) is 0 Å². The Hall–Kier alpha value is -0.960. The van der Waals surface area contributed by atoms with Crippen molar-refractivity contribution in [3.63, 3.8) is 0 Å². The van der Waals surface area contributed by atoms with Gasteiger partial charge in [0, 0.05) is 11.1 Å². The molecule has 0 aliphatic carbocycles. The van der Waals surface area contributed by atoms with E-state index in [2.05, 4.69) is 31.9 Å². The summed E-state index contributed by atoms with van der Waals surface area (Å²) in [5, 5.41) is 0. The van der Waals surface area contributed by atoms with Gasteiger partial charge in [-0.15, -0.1) is 0 Å². The molecule has 2 aromatic rings. The van der Waals surface area contributed by atoms with Crippen LogP contribution in [-0.2, 0) is 0 Å². The van der Waals surface area contributed by atoms with Gasteiger partial charge in [-0.3, -0.25) is 0 Å². The fraction of sp³-hybridized carbons (Fsp3) is 0.143. The number of rotatable bonds is 3. The molecule has 0 radical (unpaired) electrons. The Morgan fingerprint density at radius 2 is 0.909 bits per heavy atom. The van der Waals surface area contributed by atoms with E-state index in [1.54, 1.807) is 0 Å². The van der Waals surface area contributed by atoms with Crippen molar-refractivity contribution in [2.75, 3.05) is 0 Å². The van der Waals surface area contributed by atoms with E-state index < -0.39 is 35.4 Å². The van der Waals surface area contributed by atoms with Crippen LogP contribution in [0.15, 0.2) is 33.2 Å². The van der Waals surface area contributed by atoms with E-state index in [0.717, 1.165) is 24.3 Å². The maximum absolute atomic E-state index is 13.9. The third-order valence-corrected chi connectivity index (χ3v) is 4.82. The molecule has 2 unspecified atom stereocenters. The summed E-state index contributed by atoms with van der Waals surface area (Å²) in [6.07, 6.45) is 0. The summed E-state index contributed by atoms with van der Waals surface area (Å²) in [6, 6.07) is 1.02. The average molecular weight is 442 g/mol. The molecule has 0 bridgehead atoms. The lowest BCUT2D eigenvalue weighted by Crippen LogP contribution is -2.29. The highest BCUT2D eigenvalue weighted by molar-refractivity contribution is 9.10. The van der Waals surface area contributed by atoms with Crippen LogP contribution < -0.4 is 11.5 Å². The largest absolute Gasteiger partial charge is 0.322 e. The highest BCUT2D eigenvalue weighted by Crippen LogP contribution is 2.37. The Morgan fingerprint density at radius 1 is 0.636 bits per heavy atom. The lowest BCUT2D eigenvalue weighted by molar-refractivity contribution is 0.486. The number of halogens is 6. The minimum Gasteiger partial charge on any atom is -0.322 e. The second-order valence-electron chi connectivity index (χ2n) is 4.57. The van der Waals surface area contributed by atoms with Crippen LogP contribution in [0.3, 0.4) is 0 Å². The van der Waals surface area contributed by atoms with E-state index in [4.69, 9.17) is 11.5 Å². The van der Waals surface area contributed by atoms with Gasteiger partial charge in [0.15, 0.2) is 0 Å². The molecule has 0 fully saturated rings. The molecule has 22 heavy (non-hydrogen) atoms. The molecule has 118 valence electrons. The average Bonchev–Trinajstić information content (AvgIpc) is 2.47. The van der Waals surface area contributed by atoms with Gasteiger partial charge in [-0.2, -0.15) is 0 Å². The molecule has 2 rings (SSSR count). The van der Waals surface area contributed by atoms with Gasteiger partial charge >= 0.3 is 0 Å². The topological polar surface area (TPSA) is 52.0 Å². The van der Waals surface area contributed by atoms with Crippen molar-refractivity contribution in [2.45, 2.75) is 12.1 Å². The zero-order valence-electron chi connectivity index (χ0n) is 10.9. The third kappa shape index (κ3) is 3.05. The van der Waals surface area contributed by atoms with E-state index in [0.29, 0.717) is 0 Å². The second kappa shape index (κ2) is 6.66. The highest BCUT2D eigenvalue weighted by atomic mass is 79.9. The van der Waals surface area contributed by atoms with E-state index in [1.165, 1.54) is 0 Å². The van der Waals surface area contributed by atoms with Crippen LogP contribution in [0.4, 0.5) is 17.6 Å². The molecule has 0 aliphatic rings. The van der Waals surface area contributed by atoms with E-state index in [9.17, 15) is 17.6 Å². The normalized spacial score (nSPS) is 14.0. The standard InChI is InChI=1S/C14H10Br2F4N2/c15-11-7(19)3-1-5(17)9(11)13(21)14(22)10-6(18)2-4-8(20)12(10)16/h1-4,13-14H,21-22H2. The first-order valence-corrected chi connectivity index (χ1v) is 7.62. The van der Waals surface area contributed by atoms with Gasteiger partial charge in [0.25, 0.3) is 0 Å². The van der Waals surface area contributed by atoms with E-state index in [-0.39, 0.29) is 20.1 Å². The molecular weight excluding hydrogens is 432 g/mol. The van der Waals surface area contributed by atoms with Gasteiger partial charge in [-0.25, -0.2) is 17.6 Å². The Labute approximate surface area is 140 Å². The van der Waals surface area contributed by atoms with Gasteiger partial charge < -0.3 is 11.5 Å². The van der Waals surface area contributed by atoms with Crippen molar-refractivity contribution < 1.29 is 17.6 Å². The summed E-state index contributed by atoms with van der Waals surface area (Å²) in [4.78, 5) is 0. The fourth-order valence-corrected chi connectivity index (χ4v) is 3.23. The maximum Gasteiger partial charge on any atom is 0.137 e. The van der Waals surface area contributed by atoms with Gasteiger partial charge in [0.2, 0.25) is 0 Å². The first-order valence-electron chi connectivity index (χ1n) is 6.03. The number of hydrogen-bond acceptors (Lipinski definition) is 2. The van der Waals surface area contributed by atoms with Crippen LogP contribution >= 0.6 is 31.9 Å². The Balaban J connectivity index is 2.54.